The van der Waals surface area contributed by atoms with Gasteiger partial charge in [0.05, 0.1) is 0 Å². The van der Waals surface area contributed by atoms with Crippen LogP contribution in [0.4, 0.5) is 0 Å². The Labute approximate surface area is 169 Å². The fourth-order valence-corrected chi connectivity index (χ4v) is 7.19. The van der Waals surface area contributed by atoms with Crippen molar-refractivity contribution in [2.75, 3.05) is 0 Å². The lowest BCUT2D eigenvalue weighted by atomic mass is 10.1. The van der Waals surface area contributed by atoms with Crippen LogP contribution in [0.3, 0.4) is 0 Å². The molecule has 5 aromatic rings. The quantitative estimate of drug-likeness (QED) is 0.367. The van der Waals surface area contributed by atoms with Crippen molar-refractivity contribution in [2.24, 2.45) is 0 Å². The minimum absolute atomic E-state index is 0.687. The minimum Gasteiger partial charge on any atom is -0.105 e. The van der Waals surface area contributed by atoms with Gasteiger partial charge in [0.25, 0.3) is 0 Å². The van der Waals surface area contributed by atoms with Crippen molar-refractivity contribution in [1.29, 1.82) is 0 Å². The Balaban J connectivity index is 1.88. The number of fused-ring (bicyclic) bond motifs is 2. The lowest BCUT2D eigenvalue weighted by Crippen LogP contribution is -2.28. The maximum absolute atomic E-state index is 2.95. The topological polar surface area (TPSA) is 0 Å². The molecule has 0 aliphatic carbocycles. The van der Waals surface area contributed by atoms with Gasteiger partial charge in [-0.25, -0.2) is 0 Å². The van der Waals surface area contributed by atoms with Crippen LogP contribution in [0.25, 0.3) is 21.5 Å². The molecule has 0 aromatic heterocycles. The van der Waals surface area contributed by atoms with E-state index in [2.05, 4.69) is 118 Å². The van der Waals surface area contributed by atoms with Gasteiger partial charge in [-0.1, -0.05) is 109 Å². The molecule has 0 spiro atoms. The molecule has 28 heavy (non-hydrogen) atoms. The average molecular weight is 394 g/mol. The van der Waals surface area contributed by atoms with Crippen LogP contribution in [-0.4, -0.2) is 0 Å². The third-order valence-corrected chi connectivity index (χ3v) is 8.57. The third kappa shape index (κ3) is 3.04. The number of rotatable bonds is 3. The predicted molar refractivity (Wildman–Crippen MR) is 130 cm³/mol. The lowest BCUT2D eigenvalue weighted by molar-refractivity contribution is 1.77. The van der Waals surface area contributed by atoms with Crippen LogP contribution in [0.1, 0.15) is 0 Å². The molecule has 0 bridgehead atoms. The second kappa shape index (κ2) is 7.48. The molecule has 0 saturated carbocycles. The summed E-state index contributed by atoms with van der Waals surface area (Å²) in [6.07, 6.45) is 0. The Morgan fingerprint density at radius 3 is 1.43 bits per heavy atom. The molecule has 1 unspecified atom stereocenters. The average Bonchev–Trinajstić information content (AvgIpc) is 2.75. The second-order valence-electron chi connectivity index (χ2n) is 6.89. The highest BCUT2D eigenvalue weighted by Gasteiger charge is 2.22. The van der Waals surface area contributed by atoms with E-state index in [1.54, 1.807) is 0 Å². The molecule has 0 heterocycles. The summed E-state index contributed by atoms with van der Waals surface area (Å²) in [4.78, 5) is 0. The van der Waals surface area contributed by atoms with Crippen LogP contribution in [-0.2, 0) is 0 Å². The molecule has 0 N–H and O–H groups in total. The van der Waals surface area contributed by atoms with Crippen molar-refractivity contribution in [3.63, 3.8) is 0 Å². The monoisotopic (exact) mass is 394 g/mol. The van der Waals surface area contributed by atoms with Gasteiger partial charge in [0.2, 0.25) is 0 Å². The Kier molecular flexibility index (Phi) is 4.69. The zero-order valence-corrected chi connectivity index (χ0v) is 17.5. The summed E-state index contributed by atoms with van der Waals surface area (Å²) >= 11 is 0. The SMILES string of the molecule is Pc1ccccc1P(c1cccc2ccccc12)c1cccc2ccccc12. The maximum Gasteiger partial charge on any atom is -0.00722 e. The van der Waals surface area contributed by atoms with Gasteiger partial charge in [-0.15, -0.1) is 9.24 Å². The number of benzene rings is 5. The van der Waals surface area contributed by atoms with Crippen LogP contribution in [0.15, 0.2) is 109 Å². The van der Waals surface area contributed by atoms with Crippen LogP contribution in [0.5, 0.6) is 0 Å². The number of hydrogen-bond acceptors (Lipinski definition) is 0. The van der Waals surface area contributed by atoms with Crippen LogP contribution >= 0.6 is 17.2 Å². The summed E-state index contributed by atoms with van der Waals surface area (Å²) in [5.41, 5.74) is 0. The molecule has 5 aromatic carbocycles. The van der Waals surface area contributed by atoms with E-state index >= 15 is 0 Å². The zero-order valence-electron chi connectivity index (χ0n) is 15.4. The highest BCUT2D eigenvalue weighted by molar-refractivity contribution is 7.81. The van der Waals surface area contributed by atoms with Crippen molar-refractivity contribution in [3.05, 3.63) is 109 Å². The summed E-state index contributed by atoms with van der Waals surface area (Å²) in [5, 5.41) is 10.8. The Morgan fingerprint density at radius 2 is 0.857 bits per heavy atom. The summed E-state index contributed by atoms with van der Waals surface area (Å²) in [6.45, 7) is 0. The fourth-order valence-electron chi connectivity index (χ4n) is 3.89. The molecule has 2 heteroatoms. The second-order valence-corrected chi connectivity index (χ2v) is 9.63. The number of hydrogen-bond donors (Lipinski definition) is 0. The van der Waals surface area contributed by atoms with Gasteiger partial charge in [0.15, 0.2) is 0 Å². The molecule has 0 aliphatic heterocycles. The van der Waals surface area contributed by atoms with Gasteiger partial charge in [-0.2, -0.15) is 0 Å². The highest BCUT2D eigenvalue weighted by atomic mass is 31.1. The van der Waals surface area contributed by atoms with E-state index in [0.29, 0.717) is 0 Å². The van der Waals surface area contributed by atoms with Crippen molar-refractivity contribution in [1.82, 2.24) is 0 Å². The molecule has 0 saturated heterocycles. The van der Waals surface area contributed by atoms with Gasteiger partial charge in [-0.3, -0.25) is 0 Å². The molecule has 134 valence electrons. The molecular formula is C26H20P2. The Bertz CT molecular complexity index is 1200. The summed E-state index contributed by atoms with van der Waals surface area (Å²) in [7, 11) is 2.26. The van der Waals surface area contributed by atoms with Gasteiger partial charge in [0, 0.05) is 0 Å². The highest BCUT2D eigenvalue weighted by Crippen LogP contribution is 2.38. The lowest BCUT2D eigenvalue weighted by Gasteiger charge is -2.24. The van der Waals surface area contributed by atoms with Crippen molar-refractivity contribution >= 4 is 59.9 Å². The molecular weight excluding hydrogens is 374 g/mol. The fraction of sp³-hybridized carbons (Fsp3) is 0. The first-order valence-corrected chi connectivity index (χ1v) is 11.3. The van der Waals surface area contributed by atoms with Gasteiger partial charge < -0.3 is 0 Å². The van der Waals surface area contributed by atoms with Gasteiger partial charge in [0.1, 0.15) is 0 Å². The summed E-state index contributed by atoms with van der Waals surface area (Å²) in [6, 6.07) is 39.7. The normalized spacial score (nSPS) is 11.4. The van der Waals surface area contributed by atoms with Gasteiger partial charge in [-0.05, 0) is 50.7 Å². The van der Waals surface area contributed by atoms with E-state index in [9.17, 15) is 0 Å². The van der Waals surface area contributed by atoms with E-state index in [4.69, 9.17) is 0 Å². The van der Waals surface area contributed by atoms with E-state index in [-0.39, 0.29) is 0 Å². The molecule has 0 fully saturated rings. The molecule has 0 aliphatic rings. The third-order valence-electron chi connectivity index (χ3n) is 5.19. The minimum atomic E-state index is -0.687. The maximum atomic E-state index is 2.95. The standard InChI is InChI=1S/C26H20P2/c27-23-15-5-6-16-26(23)28(24-17-7-11-19-9-1-3-13-21(19)24)25-18-8-12-20-10-2-4-14-22(20)25/h1-18H,27H2. The Morgan fingerprint density at radius 1 is 0.429 bits per heavy atom. The van der Waals surface area contributed by atoms with Crippen molar-refractivity contribution < 1.29 is 0 Å². The largest absolute Gasteiger partial charge is 0.105 e. The first-order valence-electron chi connectivity index (χ1n) is 9.43. The van der Waals surface area contributed by atoms with Crippen molar-refractivity contribution in [2.45, 2.75) is 0 Å². The van der Waals surface area contributed by atoms with E-state index in [1.165, 1.54) is 42.8 Å². The molecule has 0 amide bonds. The van der Waals surface area contributed by atoms with E-state index in [1.807, 2.05) is 0 Å². The zero-order chi connectivity index (χ0) is 18.9. The summed E-state index contributed by atoms with van der Waals surface area (Å²) in [5.74, 6) is 0. The molecule has 5 rings (SSSR count). The van der Waals surface area contributed by atoms with Gasteiger partial charge >= 0.3 is 0 Å². The smallest absolute Gasteiger partial charge is 0.00722 e. The molecule has 1 atom stereocenters. The van der Waals surface area contributed by atoms with Crippen molar-refractivity contribution in [3.8, 4) is 0 Å². The van der Waals surface area contributed by atoms with Crippen LogP contribution < -0.4 is 21.2 Å². The first-order chi connectivity index (χ1) is 13.8. The first kappa shape index (κ1) is 17.6. The van der Waals surface area contributed by atoms with E-state index < -0.39 is 7.92 Å². The van der Waals surface area contributed by atoms with E-state index in [0.717, 1.165) is 0 Å². The van der Waals surface area contributed by atoms with Crippen LogP contribution in [0, 0.1) is 0 Å². The Hall–Kier alpha value is -2.52. The van der Waals surface area contributed by atoms with Crippen LogP contribution in [0.2, 0.25) is 0 Å². The predicted octanol–water partition coefficient (Wildman–Crippen LogP) is 5.25. The summed E-state index contributed by atoms with van der Waals surface area (Å²) < 4.78 is 0. The molecule has 0 radical (unpaired) electrons. The molecule has 0 nitrogen and oxygen atoms in total.